The van der Waals surface area contributed by atoms with Crippen molar-refractivity contribution in [3.05, 3.63) is 33.4 Å². The fraction of sp³-hybridized carbons (Fsp3) is 0.286. The highest BCUT2D eigenvalue weighted by Crippen LogP contribution is 2.35. The largest absolute Gasteiger partial charge is 0.462 e. The molecular weight excluding hydrogens is 344 g/mol. The van der Waals surface area contributed by atoms with Crippen molar-refractivity contribution in [2.24, 2.45) is 0 Å². The maximum absolute atomic E-state index is 12.0. The van der Waals surface area contributed by atoms with Gasteiger partial charge in [-0.1, -0.05) is 11.6 Å². The highest BCUT2D eigenvalue weighted by atomic mass is 79.9. The molecule has 20 heavy (non-hydrogen) atoms. The van der Waals surface area contributed by atoms with E-state index in [4.69, 9.17) is 16.3 Å². The molecule has 0 aliphatic heterocycles. The number of hydrogen-bond donors (Lipinski definition) is 1. The van der Waals surface area contributed by atoms with Crippen molar-refractivity contribution in [2.45, 2.75) is 13.8 Å². The lowest BCUT2D eigenvalue weighted by molar-refractivity contribution is 0.0527. The zero-order valence-corrected chi connectivity index (χ0v) is 13.5. The molecule has 0 amide bonds. The van der Waals surface area contributed by atoms with E-state index in [9.17, 15) is 4.79 Å². The molecule has 0 saturated heterocycles. The van der Waals surface area contributed by atoms with Gasteiger partial charge in [-0.2, -0.15) is 0 Å². The van der Waals surface area contributed by atoms with E-state index in [0.29, 0.717) is 39.4 Å². The number of ether oxygens (including phenoxy) is 1. The molecule has 1 aromatic carbocycles. The van der Waals surface area contributed by atoms with Gasteiger partial charge in [0, 0.05) is 18.1 Å². The summed E-state index contributed by atoms with van der Waals surface area (Å²) in [5.41, 5.74) is 1.85. The van der Waals surface area contributed by atoms with Crippen LogP contribution in [-0.2, 0) is 4.74 Å². The van der Waals surface area contributed by atoms with Gasteiger partial charge in [-0.25, -0.2) is 4.79 Å². The first-order chi connectivity index (χ1) is 9.60. The molecule has 6 heteroatoms. The van der Waals surface area contributed by atoms with Crippen molar-refractivity contribution in [1.82, 2.24) is 4.98 Å². The molecule has 1 heterocycles. The number of pyridine rings is 1. The first-order valence-electron chi connectivity index (χ1n) is 6.27. The van der Waals surface area contributed by atoms with Gasteiger partial charge >= 0.3 is 5.97 Å². The third-order valence-electron chi connectivity index (χ3n) is 2.78. The van der Waals surface area contributed by atoms with E-state index in [2.05, 4.69) is 26.2 Å². The average Bonchev–Trinajstić information content (AvgIpc) is 2.43. The van der Waals surface area contributed by atoms with Crippen LogP contribution in [0.5, 0.6) is 0 Å². The number of carbonyl (C=O) groups excluding carboxylic acids is 1. The molecule has 0 bridgehead atoms. The van der Waals surface area contributed by atoms with Gasteiger partial charge in [0.25, 0.3) is 0 Å². The van der Waals surface area contributed by atoms with Crippen LogP contribution in [0.25, 0.3) is 10.9 Å². The van der Waals surface area contributed by atoms with E-state index in [1.807, 2.05) is 13.0 Å². The fourth-order valence-corrected chi connectivity index (χ4v) is 2.54. The van der Waals surface area contributed by atoms with Crippen LogP contribution in [0.4, 0.5) is 5.69 Å². The Kier molecular flexibility index (Phi) is 4.83. The van der Waals surface area contributed by atoms with Crippen molar-refractivity contribution < 1.29 is 9.53 Å². The summed E-state index contributed by atoms with van der Waals surface area (Å²) < 4.78 is 5.78. The van der Waals surface area contributed by atoms with Crippen LogP contribution in [0.2, 0.25) is 5.02 Å². The number of nitrogens with zero attached hydrogens (tertiary/aromatic N) is 1. The molecule has 0 saturated carbocycles. The van der Waals surface area contributed by atoms with Gasteiger partial charge in [-0.05, 0) is 41.9 Å². The summed E-state index contributed by atoms with van der Waals surface area (Å²) in [6, 6.07) is 3.61. The first-order valence-corrected chi connectivity index (χ1v) is 7.44. The Labute approximate surface area is 130 Å². The number of rotatable bonds is 4. The molecule has 0 atom stereocenters. The van der Waals surface area contributed by atoms with Gasteiger partial charge in [-0.3, -0.25) is 4.98 Å². The fourth-order valence-electron chi connectivity index (χ4n) is 1.94. The summed E-state index contributed by atoms with van der Waals surface area (Å²) in [4.78, 5) is 16.3. The molecule has 0 fully saturated rings. The van der Waals surface area contributed by atoms with Crippen LogP contribution in [0.1, 0.15) is 24.2 Å². The summed E-state index contributed by atoms with van der Waals surface area (Å²) in [6.45, 7) is 4.75. The molecule has 2 rings (SSSR count). The molecule has 0 unspecified atom stereocenters. The first kappa shape index (κ1) is 15.1. The SMILES string of the molecule is CCNc1c(C(=O)OCC)cnc2c(Br)c(Cl)ccc12. The Morgan fingerprint density at radius 2 is 2.20 bits per heavy atom. The van der Waals surface area contributed by atoms with E-state index in [-0.39, 0.29) is 5.97 Å². The third-order valence-corrected chi connectivity index (χ3v) is 4.13. The summed E-state index contributed by atoms with van der Waals surface area (Å²) in [5, 5.41) is 4.61. The minimum absolute atomic E-state index is 0.326. The Balaban J connectivity index is 2.69. The maximum Gasteiger partial charge on any atom is 0.341 e. The number of aromatic nitrogens is 1. The number of benzene rings is 1. The lowest BCUT2D eigenvalue weighted by Crippen LogP contribution is -2.11. The van der Waals surface area contributed by atoms with E-state index < -0.39 is 0 Å². The Hall–Kier alpha value is -1.33. The summed E-state index contributed by atoms with van der Waals surface area (Å²) in [5.74, 6) is -0.385. The zero-order chi connectivity index (χ0) is 14.7. The average molecular weight is 358 g/mol. The molecule has 2 aromatic rings. The Morgan fingerprint density at radius 1 is 1.45 bits per heavy atom. The lowest BCUT2D eigenvalue weighted by atomic mass is 10.1. The highest BCUT2D eigenvalue weighted by molar-refractivity contribution is 9.10. The quantitative estimate of drug-likeness (QED) is 0.831. The van der Waals surface area contributed by atoms with Crippen molar-refractivity contribution >= 4 is 50.1 Å². The predicted molar refractivity (Wildman–Crippen MR) is 84.6 cm³/mol. The summed E-state index contributed by atoms with van der Waals surface area (Å²) in [6.07, 6.45) is 1.51. The summed E-state index contributed by atoms with van der Waals surface area (Å²) >= 11 is 9.49. The van der Waals surface area contributed by atoms with E-state index in [1.54, 1.807) is 13.0 Å². The van der Waals surface area contributed by atoms with E-state index >= 15 is 0 Å². The van der Waals surface area contributed by atoms with Gasteiger partial charge < -0.3 is 10.1 Å². The second kappa shape index (κ2) is 6.41. The molecule has 0 aliphatic carbocycles. The number of hydrogen-bond acceptors (Lipinski definition) is 4. The van der Waals surface area contributed by atoms with Gasteiger partial charge in [0.2, 0.25) is 0 Å². The van der Waals surface area contributed by atoms with Crippen LogP contribution in [0, 0.1) is 0 Å². The summed E-state index contributed by atoms with van der Waals surface area (Å²) in [7, 11) is 0. The molecule has 1 N–H and O–H groups in total. The van der Waals surface area contributed by atoms with Crippen LogP contribution in [0.15, 0.2) is 22.8 Å². The topological polar surface area (TPSA) is 51.2 Å². The van der Waals surface area contributed by atoms with E-state index in [1.165, 1.54) is 6.20 Å². The second-order valence-electron chi connectivity index (χ2n) is 4.06. The van der Waals surface area contributed by atoms with Crippen LogP contribution in [0.3, 0.4) is 0 Å². The maximum atomic E-state index is 12.0. The molecule has 0 aliphatic rings. The minimum Gasteiger partial charge on any atom is -0.462 e. The van der Waals surface area contributed by atoms with E-state index in [0.717, 1.165) is 5.39 Å². The standard InChI is InChI=1S/C14H14BrClN2O2/c1-3-17-12-8-5-6-10(16)11(15)13(8)18-7-9(12)14(19)20-4-2/h5-7H,3-4H2,1-2H3,(H,17,18). The predicted octanol–water partition coefficient (Wildman–Crippen LogP) is 4.26. The normalized spacial score (nSPS) is 10.6. The monoisotopic (exact) mass is 356 g/mol. The Morgan fingerprint density at radius 3 is 2.85 bits per heavy atom. The molecule has 1 aromatic heterocycles. The number of nitrogens with one attached hydrogen (secondary N) is 1. The van der Waals surface area contributed by atoms with Crippen molar-refractivity contribution in [3.8, 4) is 0 Å². The van der Waals surface area contributed by atoms with Crippen molar-refractivity contribution in [1.29, 1.82) is 0 Å². The van der Waals surface area contributed by atoms with Crippen molar-refractivity contribution in [2.75, 3.05) is 18.5 Å². The van der Waals surface area contributed by atoms with Gasteiger partial charge in [-0.15, -0.1) is 0 Å². The number of carbonyl (C=O) groups is 1. The van der Waals surface area contributed by atoms with Gasteiger partial charge in [0.05, 0.1) is 27.3 Å². The van der Waals surface area contributed by atoms with Gasteiger partial charge in [0.15, 0.2) is 0 Å². The lowest BCUT2D eigenvalue weighted by Gasteiger charge is -2.13. The van der Waals surface area contributed by atoms with Crippen LogP contribution in [-0.4, -0.2) is 24.1 Å². The number of halogens is 2. The molecule has 0 radical (unpaired) electrons. The third kappa shape index (κ3) is 2.74. The Bertz CT molecular complexity index is 661. The zero-order valence-electron chi connectivity index (χ0n) is 11.2. The number of anilines is 1. The number of esters is 1. The number of fused-ring (bicyclic) bond motifs is 1. The molecular formula is C14H14BrClN2O2. The van der Waals surface area contributed by atoms with Gasteiger partial charge in [0.1, 0.15) is 5.56 Å². The molecule has 0 spiro atoms. The molecule has 106 valence electrons. The highest BCUT2D eigenvalue weighted by Gasteiger charge is 2.17. The van der Waals surface area contributed by atoms with Crippen LogP contribution >= 0.6 is 27.5 Å². The van der Waals surface area contributed by atoms with Crippen LogP contribution < -0.4 is 5.32 Å². The smallest absolute Gasteiger partial charge is 0.341 e. The minimum atomic E-state index is -0.385. The molecule has 4 nitrogen and oxygen atoms in total. The second-order valence-corrected chi connectivity index (χ2v) is 5.26. The van der Waals surface area contributed by atoms with Crippen molar-refractivity contribution in [3.63, 3.8) is 0 Å².